The molecule has 0 aromatic rings. The van der Waals surface area contributed by atoms with E-state index in [1.807, 2.05) is 0 Å². The molecule has 0 aliphatic heterocycles. The molecule has 58 valence electrons. The van der Waals surface area contributed by atoms with E-state index in [-0.39, 0.29) is 11.2 Å². The van der Waals surface area contributed by atoms with Crippen LogP contribution in [-0.4, -0.2) is 21.6 Å². The highest BCUT2D eigenvalue weighted by molar-refractivity contribution is 8.14. The van der Waals surface area contributed by atoms with Gasteiger partial charge < -0.3 is 5.11 Å². The van der Waals surface area contributed by atoms with Crippen LogP contribution < -0.4 is 0 Å². The summed E-state index contributed by atoms with van der Waals surface area (Å²) < 4.78 is 0. The van der Waals surface area contributed by atoms with Crippen LogP contribution in [0.1, 0.15) is 26.2 Å². The minimum absolute atomic E-state index is 0.156. The zero-order valence-corrected chi connectivity index (χ0v) is 6.86. The summed E-state index contributed by atoms with van der Waals surface area (Å²) in [6.07, 6.45) is 2.50. The summed E-state index contributed by atoms with van der Waals surface area (Å²) in [6.45, 7) is 1.58. The Morgan fingerprint density at radius 3 is 2.70 bits per heavy atom. The van der Waals surface area contributed by atoms with Gasteiger partial charge in [-0.15, -0.1) is 0 Å². The molecule has 0 heterocycles. The van der Waals surface area contributed by atoms with E-state index in [0.717, 1.165) is 19.3 Å². The lowest BCUT2D eigenvalue weighted by atomic mass is 10.3. The molecule has 2 atom stereocenters. The van der Waals surface area contributed by atoms with Crippen molar-refractivity contribution in [3.05, 3.63) is 0 Å². The second-order valence-corrected chi connectivity index (χ2v) is 4.18. The molecule has 1 fully saturated rings. The van der Waals surface area contributed by atoms with Gasteiger partial charge in [0.15, 0.2) is 5.12 Å². The Bertz CT molecular complexity index is 136. The first-order valence-corrected chi connectivity index (χ1v) is 4.41. The molecule has 1 aliphatic carbocycles. The Morgan fingerprint density at radius 2 is 2.30 bits per heavy atom. The molecule has 0 radical (unpaired) electrons. The van der Waals surface area contributed by atoms with Crippen molar-refractivity contribution in [1.29, 1.82) is 0 Å². The van der Waals surface area contributed by atoms with Crippen LogP contribution in [-0.2, 0) is 4.79 Å². The molecule has 10 heavy (non-hydrogen) atoms. The van der Waals surface area contributed by atoms with Gasteiger partial charge >= 0.3 is 0 Å². The van der Waals surface area contributed by atoms with E-state index >= 15 is 0 Å². The number of carbonyl (C=O) groups is 1. The Hall–Kier alpha value is -0.0200. The highest BCUT2D eigenvalue weighted by atomic mass is 32.2. The molecule has 1 saturated carbocycles. The number of hydrogen-bond donors (Lipinski definition) is 1. The third-order valence-corrected chi connectivity index (χ3v) is 2.78. The molecule has 2 nitrogen and oxygen atoms in total. The van der Waals surface area contributed by atoms with Gasteiger partial charge in [-0.05, 0) is 19.3 Å². The zero-order valence-electron chi connectivity index (χ0n) is 6.04. The maximum atomic E-state index is 10.6. The van der Waals surface area contributed by atoms with Gasteiger partial charge in [0.2, 0.25) is 0 Å². The standard InChI is InChI=1S/C7H12O2S/c1-5(8)10-7-3-2-6(9)4-7/h6-7,9H,2-4H2,1H3. The molecule has 0 aromatic heterocycles. The van der Waals surface area contributed by atoms with Crippen LogP contribution in [0.25, 0.3) is 0 Å². The van der Waals surface area contributed by atoms with Gasteiger partial charge in [-0.3, -0.25) is 4.79 Å². The maximum Gasteiger partial charge on any atom is 0.186 e. The van der Waals surface area contributed by atoms with Gasteiger partial charge in [0.25, 0.3) is 0 Å². The quantitative estimate of drug-likeness (QED) is 0.626. The van der Waals surface area contributed by atoms with Crippen molar-refractivity contribution in [2.45, 2.75) is 37.5 Å². The summed E-state index contributed by atoms with van der Waals surface area (Å²) in [7, 11) is 0. The molecule has 3 heteroatoms. The second kappa shape index (κ2) is 3.39. The van der Waals surface area contributed by atoms with Crippen molar-refractivity contribution < 1.29 is 9.90 Å². The van der Waals surface area contributed by atoms with Crippen molar-refractivity contribution in [2.24, 2.45) is 0 Å². The summed E-state index contributed by atoms with van der Waals surface area (Å²) in [5.74, 6) is 0. The van der Waals surface area contributed by atoms with Gasteiger partial charge in [0, 0.05) is 12.2 Å². The Labute approximate surface area is 65.0 Å². The third kappa shape index (κ3) is 2.31. The fraction of sp³-hybridized carbons (Fsp3) is 0.857. The molecule has 0 spiro atoms. The molecular formula is C7H12O2S. The summed E-state index contributed by atoms with van der Waals surface area (Å²) in [4.78, 5) is 10.6. The van der Waals surface area contributed by atoms with E-state index in [1.165, 1.54) is 11.8 Å². The first-order valence-electron chi connectivity index (χ1n) is 3.54. The van der Waals surface area contributed by atoms with E-state index in [0.29, 0.717) is 5.25 Å². The average molecular weight is 160 g/mol. The van der Waals surface area contributed by atoms with E-state index in [4.69, 9.17) is 5.11 Å². The van der Waals surface area contributed by atoms with Gasteiger partial charge in [-0.25, -0.2) is 0 Å². The molecule has 0 aromatic carbocycles. The van der Waals surface area contributed by atoms with Crippen LogP contribution in [0, 0.1) is 0 Å². The van der Waals surface area contributed by atoms with Crippen molar-refractivity contribution in [3.8, 4) is 0 Å². The van der Waals surface area contributed by atoms with Gasteiger partial charge in [-0.1, -0.05) is 11.8 Å². The number of hydrogen-bond acceptors (Lipinski definition) is 3. The molecule has 1 N–H and O–H groups in total. The lowest BCUT2D eigenvalue weighted by Gasteiger charge is -2.03. The molecule has 2 unspecified atom stereocenters. The fourth-order valence-electron chi connectivity index (χ4n) is 1.26. The van der Waals surface area contributed by atoms with Crippen LogP contribution >= 0.6 is 11.8 Å². The van der Waals surface area contributed by atoms with Gasteiger partial charge in [0.1, 0.15) is 0 Å². The molecule has 0 amide bonds. The van der Waals surface area contributed by atoms with Crippen molar-refractivity contribution in [2.75, 3.05) is 0 Å². The van der Waals surface area contributed by atoms with Crippen LogP contribution in [0.2, 0.25) is 0 Å². The first-order chi connectivity index (χ1) is 4.68. The van der Waals surface area contributed by atoms with Crippen LogP contribution in [0.3, 0.4) is 0 Å². The lowest BCUT2D eigenvalue weighted by molar-refractivity contribution is -0.109. The van der Waals surface area contributed by atoms with Crippen LogP contribution in [0.15, 0.2) is 0 Å². The molecule has 1 rings (SSSR count). The lowest BCUT2D eigenvalue weighted by Crippen LogP contribution is -2.02. The number of thioether (sulfide) groups is 1. The molecule has 0 bridgehead atoms. The zero-order chi connectivity index (χ0) is 7.56. The average Bonchev–Trinajstić information content (AvgIpc) is 2.13. The van der Waals surface area contributed by atoms with E-state index in [1.54, 1.807) is 6.92 Å². The largest absolute Gasteiger partial charge is 0.393 e. The summed E-state index contributed by atoms with van der Waals surface area (Å²) in [5, 5.41) is 9.64. The number of aliphatic hydroxyl groups excluding tert-OH is 1. The summed E-state index contributed by atoms with van der Waals surface area (Å²) >= 11 is 1.37. The topological polar surface area (TPSA) is 37.3 Å². The summed E-state index contributed by atoms with van der Waals surface area (Å²) in [5.41, 5.74) is 0. The third-order valence-electron chi connectivity index (χ3n) is 1.69. The smallest absolute Gasteiger partial charge is 0.186 e. The van der Waals surface area contributed by atoms with Gasteiger partial charge in [0.05, 0.1) is 6.10 Å². The predicted molar refractivity (Wildman–Crippen MR) is 41.9 cm³/mol. The fourth-order valence-corrected chi connectivity index (χ4v) is 2.30. The van der Waals surface area contributed by atoms with Crippen molar-refractivity contribution >= 4 is 16.9 Å². The van der Waals surface area contributed by atoms with E-state index in [9.17, 15) is 4.79 Å². The maximum absolute atomic E-state index is 10.6. The SMILES string of the molecule is CC(=O)SC1CCC(O)C1. The van der Waals surface area contributed by atoms with Crippen LogP contribution in [0.4, 0.5) is 0 Å². The predicted octanol–water partition coefficient (Wildman–Crippen LogP) is 1.18. The van der Waals surface area contributed by atoms with E-state index < -0.39 is 0 Å². The first kappa shape index (κ1) is 8.08. The Kier molecular flexibility index (Phi) is 2.74. The van der Waals surface area contributed by atoms with Crippen molar-refractivity contribution in [1.82, 2.24) is 0 Å². The molecule has 1 aliphatic rings. The van der Waals surface area contributed by atoms with E-state index in [2.05, 4.69) is 0 Å². The number of carbonyl (C=O) groups excluding carboxylic acids is 1. The second-order valence-electron chi connectivity index (χ2n) is 2.70. The minimum atomic E-state index is -0.156. The number of aliphatic hydroxyl groups is 1. The van der Waals surface area contributed by atoms with Crippen molar-refractivity contribution in [3.63, 3.8) is 0 Å². The molecular weight excluding hydrogens is 148 g/mol. The Morgan fingerprint density at radius 1 is 1.60 bits per heavy atom. The highest BCUT2D eigenvalue weighted by Gasteiger charge is 2.23. The monoisotopic (exact) mass is 160 g/mol. The summed E-state index contributed by atoms with van der Waals surface area (Å²) in [6, 6.07) is 0. The minimum Gasteiger partial charge on any atom is -0.393 e. The number of rotatable bonds is 1. The Balaban J connectivity index is 2.24. The molecule has 0 saturated heterocycles. The van der Waals surface area contributed by atoms with Crippen LogP contribution in [0.5, 0.6) is 0 Å². The van der Waals surface area contributed by atoms with Gasteiger partial charge in [-0.2, -0.15) is 0 Å². The normalized spacial score (nSPS) is 32.6. The highest BCUT2D eigenvalue weighted by Crippen LogP contribution is 2.29.